The maximum absolute atomic E-state index is 12.8. The molecular formula is C24H27N3O8. The molecular weight excluding hydrogens is 458 g/mol. The molecule has 3 amide bonds. The second-order valence-electron chi connectivity index (χ2n) is 8.35. The number of amides is 3. The van der Waals surface area contributed by atoms with Crippen LogP contribution < -0.4 is 20.1 Å². The zero-order valence-electron chi connectivity index (χ0n) is 19.3. The lowest BCUT2D eigenvalue weighted by molar-refractivity contribution is -0.154. The standard InChI is InChI=1S/C24H27N3O8/c1-33-15-5-3-14(4-6-15)25-21(30)19(28)20(29)22(31)27-11-9-24(10-12-27)17-13-16(34-2)7-8-18(17)26-23(32)35-24/h3-8,13,19-20,28-29H,9-12H2,1-2H3,(H,25,30)(H,26,32). The number of hydrogen-bond donors (Lipinski definition) is 4. The van der Waals surface area contributed by atoms with Gasteiger partial charge < -0.3 is 34.6 Å². The highest BCUT2D eigenvalue weighted by Crippen LogP contribution is 2.44. The third-order valence-corrected chi connectivity index (χ3v) is 6.30. The number of piperidine rings is 1. The summed E-state index contributed by atoms with van der Waals surface area (Å²) in [6.07, 6.45) is -3.97. The van der Waals surface area contributed by atoms with Gasteiger partial charge in [-0.15, -0.1) is 0 Å². The molecule has 4 N–H and O–H groups in total. The molecule has 0 radical (unpaired) electrons. The van der Waals surface area contributed by atoms with Crippen molar-refractivity contribution < 1.29 is 38.8 Å². The zero-order valence-corrected chi connectivity index (χ0v) is 19.3. The van der Waals surface area contributed by atoms with Crippen LogP contribution in [0.3, 0.4) is 0 Å². The average molecular weight is 485 g/mol. The molecule has 0 aromatic heterocycles. The largest absolute Gasteiger partial charge is 0.497 e. The van der Waals surface area contributed by atoms with E-state index in [1.54, 1.807) is 42.5 Å². The van der Waals surface area contributed by atoms with Crippen molar-refractivity contribution in [2.75, 3.05) is 37.9 Å². The predicted octanol–water partition coefficient (Wildman–Crippen LogP) is 1.44. The molecule has 1 saturated heterocycles. The monoisotopic (exact) mass is 485 g/mol. The number of ether oxygens (including phenoxy) is 3. The van der Waals surface area contributed by atoms with E-state index in [9.17, 15) is 24.6 Å². The molecule has 2 aliphatic heterocycles. The van der Waals surface area contributed by atoms with Gasteiger partial charge >= 0.3 is 6.09 Å². The van der Waals surface area contributed by atoms with E-state index >= 15 is 0 Å². The van der Waals surface area contributed by atoms with Gasteiger partial charge in [0, 0.05) is 37.2 Å². The number of hydrogen-bond acceptors (Lipinski definition) is 8. The lowest BCUT2D eigenvalue weighted by atomic mass is 9.82. The number of nitrogens with zero attached hydrogens (tertiary/aromatic N) is 1. The summed E-state index contributed by atoms with van der Waals surface area (Å²) < 4.78 is 16.0. The highest BCUT2D eigenvalue weighted by molar-refractivity contribution is 5.98. The topological polar surface area (TPSA) is 147 Å². The Hall–Kier alpha value is -3.83. The fourth-order valence-electron chi connectivity index (χ4n) is 4.32. The maximum atomic E-state index is 12.8. The molecule has 2 aromatic carbocycles. The molecule has 11 nitrogen and oxygen atoms in total. The number of benzene rings is 2. The van der Waals surface area contributed by atoms with Gasteiger partial charge in [-0.2, -0.15) is 0 Å². The zero-order chi connectivity index (χ0) is 25.2. The number of carbonyl (C=O) groups excluding carboxylic acids is 3. The minimum absolute atomic E-state index is 0.145. The summed E-state index contributed by atoms with van der Waals surface area (Å²) in [6, 6.07) is 11.6. The van der Waals surface area contributed by atoms with Crippen LogP contribution in [-0.2, 0) is 19.9 Å². The van der Waals surface area contributed by atoms with Crippen LogP contribution in [0, 0.1) is 0 Å². The second-order valence-corrected chi connectivity index (χ2v) is 8.35. The van der Waals surface area contributed by atoms with Crippen molar-refractivity contribution in [1.82, 2.24) is 4.90 Å². The lowest BCUT2D eigenvalue weighted by Crippen LogP contribution is -2.54. The number of anilines is 2. The van der Waals surface area contributed by atoms with Gasteiger partial charge in [-0.25, -0.2) is 4.79 Å². The van der Waals surface area contributed by atoms with E-state index in [4.69, 9.17) is 14.2 Å². The van der Waals surface area contributed by atoms with Gasteiger partial charge in [0.15, 0.2) is 12.2 Å². The van der Waals surface area contributed by atoms with E-state index in [1.165, 1.54) is 19.1 Å². The molecule has 186 valence electrons. The van der Waals surface area contributed by atoms with Gasteiger partial charge in [0.05, 0.1) is 19.9 Å². The second kappa shape index (κ2) is 9.80. The number of carbonyl (C=O) groups is 3. The Morgan fingerprint density at radius 2 is 1.66 bits per heavy atom. The summed E-state index contributed by atoms with van der Waals surface area (Å²) in [4.78, 5) is 38.7. The number of methoxy groups -OCH3 is 2. The highest BCUT2D eigenvalue weighted by Gasteiger charge is 2.46. The van der Waals surface area contributed by atoms with Crippen molar-refractivity contribution in [3.05, 3.63) is 48.0 Å². The normalized spacial score (nSPS) is 17.9. The Morgan fingerprint density at radius 1 is 1.03 bits per heavy atom. The van der Waals surface area contributed by atoms with Crippen molar-refractivity contribution in [3.63, 3.8) is 0 Å². The molecule has 2 heterocycles. The van der Waals surface area contributed by atoms with Crippen LogP contribution >= 0.6 is 0 Å². The Labute approximate surface area is 201 Å². The van der Waals surface area contributed by atoms with Crippen molar-refractivity contribution in [3.8, 4) is 11.5 Å². The number of rotatable bonds is 6. The summed E-state index contributed by atoms with van der Waals surface area (Å²) in [5.41, 5.74) is 0.755. The Bertz CT molecular complexity index is 1110. The number of nitrogens with one attached hydrogen (secondary N) is 2. The molecule has 11 heteroatoms. The maximum Gasteiger partial charge on any atom is 0.412 e. The van der Waals surface area contributed by atoms with Gasteiger partial charge in [-0.1, -0.05) is 0 Å². The van der Waals surface area contributed by atoms with Crippen LogP contribution in [0.4, 0.5) is 16.2 Å². The van der Waals surface area contributed by atoms with Crippen LogP contribution in [-0.4, -0.2) is 72.5 Å². The minimum atomic E-state index is -1.97. The minimum Gasteiger partial charge on any atom is -0.497 e. The van der Waals surface area contributed by atoms with Crippen LogP contribution in [0.15, 0.2) is 42.5 Å². The van der Waals surface area contributed by atoms with E-state index in [2.05, 4.69) is 10.6 Å². The third-order valence-electron chi connectivity index (χ3n) is 6.30. The smallest absolute Gasteiger partial charge is 0.412 e. The predicted molar refractivity (Wildman–Crippen MR) is 124 cm³/mol. The molecule has 0 aliphatic carbocycles. The molecule has 1 spiro atoms. The van der Waals surface area contributed by atoms with E-state index in [1.807, 2.05) is 0 Å². The first kappa shape index (κ1) is 24.3. The first-order valence-corrected chi connectivity index (χ1v) is 11.0. The van der Waals surface area contributed by atoms with E-state index in [0.29, 0.717) is 22.9 Å². The van der Waals surface area contributed by atoms with E-state index in [-0.39, 0.29) is 25.9 Å². The molecule has 2 atom stereocenters. The Kier molecular flexibility index (Phi) is 6.81. The third kappa shape index (κ3) is 4.86. The van der Waals surface area contributed by atoms with Crippen molar-refractivity contribution in [2.45, 2.75) is 30.7 Å². The Morgan fingerprint density at radius 3 is 2.29 bits per heavy atom. The van der Waals surface area contributed by atoms with Crippen molar-refractivity contribution in [1.29, 1.82) is 0 Å². The number of aliphatic hydroxyl groups is 2. The SMILES string of the molecule is COc1ccc(NC(=O)C(O)C(O)C(=O)N2CCC3(CC2)OC(=O)Nc2ccc(OC)cc23)cc1. The Balaban J connectivity index is 1.40. The summed E-state index contributed by atoms with van der Waals surface area (Å²) in [6.45, 7) is 0.291. The molecule has 2 aliphatic rings. The van der Waals surface area contributed by atoms with Crippen LogP contribution in [0.2, 0.25) is 0 Å². The molecule has 4 rings (SSSR count). The summed E-state index contributed by atoms with van der Waals surface area (Å²) >= 11 is 0. The fourth-order valence-corrected chi connectivity index (χ4v) is 4.32. The van der Waals surface area contributed by atoms with Crippen LogP contribution in [0.5, 0.6) is 11.5 Å². The number of likely N-dealkylation sites (tertiary alicyclic amines) is 1. The summed E-state index contributed by atoms with van der Waals surface area (Å²) in [5, 5.41) is 25.8. The first-order valence-electron chi connectivity index (χ1n) is 11.0. The van der Waals surface area contributed by atoms with E-state index in [0.717, 1.165) is 5.56 Å². The van der Waals surface area contributed by atoms with E-state index < -0.39 is 35.7 Å². The van der Waals surface area contributed by atoms with Crippen molar-refractivity contribution >= 4 is 29.3 Å². The van der Waals surface area contributed by atoms with Gasteiger partial charge in [-0.3, -0.25) is 14.9 Å². The van der Waals surface area contributed by atoms with Gasteiger partial charge in [0.25, 0.3) is 11.8 Å². The highest BCUT2D eigenvalue weighted by atomic mass is 16.6. The molecule has 35 heavy (non-hydrogen) atoms. The quantitative estimate of drug-likeness (QED) is 0.481. The summed E-state index contributed by atoms with van der Waals surface area (Å²) in [5.74, 6) is -0.522. The lowest BCUT2D eigenvalue weighted by Gasteiger charge is -2.44. The average Bonchev–Trinajstić information content (AvgIpc) is 2.88. The van der Waals surface area contributed by atoms with Gasteiger partial charge in [-0.05, 0) is 42.5 Å². The molecule has 1 fully saturated rings. The first-order chi connectivity index (χ1) is 16.8. The molecule has 0 saturated carbocycles. The fraction of sp³-hybridized carbons (Fsp3) is 0.375. The number of fused-ring (bicyclic) bond motifs is 2. The molecule has 0 bridgehead atoms. The van der Waals surface area contributed by atoms with Crippen LogP contribution in [0.1, 0.15) is 18.4 Å². The van der Waals surface area contributed by atoms with Crippen LogP contribution in [0.25, 0.3) is 0 Å². The van der Waals surface area contributed by atoms with Gasteiger partial charge in [0.2, 0.25) is 0 Å². The number of aliphatic hydroxyl groups excluding tert-OH is 2. The molecule has 2 unspecified atom stereocenters. The summed E-state index contributed by atoms with van der Waals surface area (Å²) in [7, 11) is 3.04. The van der Waals surface area contributed by atoms with Gasteiger partial charge in [0.1, 0.15) is 17.1 Å². The van der Waals surface area contributed by atoms with Crippen molar-refractivity contribution in [2.24, 2.45) is 0 Å². The molecule has 2 aromatic rings.